The third kappa shape index (κ3) is 10.3. The van der Waals surface area contributed by atoms with E-state index >= 15 is 0 Å². The van der Waals surface area contributed by atoms with E-state index in [4.69, 9.17) is 9.47 Å². The summed E-state index contributed by atoms with van der Waals surface area (Å²) in [6, 6.07) is 19.6. The number of aromatic nitrogens is 2. The van der Waals surface area contributed by atoms with E-state index in [0.717, 1.165) is 6.07 Å². The summed E-state index contributed by atoms with van der Waals surface area (Å²) in [5.74, 6) is -1.17. The number of nitrogens with zero attached hydrogens (tertiary/aromatic N) is 5. The van der Waals surface area contributed by atoms with Crippen molar-refractivity contribution in [3.8, 4) is 5.75 Å². The zero-order valence-electron chi connectivity index (χ0n) is 32.7. The number of hydrogen-bond donors (Lipinski definition) is 2. The van der Waals surface area contributed by atoms with E-state index in [9.17, 15) is 46.9 Å². The first-order chi connectivity index (χ1) is 29.7. The normalized spacial score (nSPS) is 15.4. The summed E-state index contributed by atoms with van der Waals surface area (Å²) in [7, 11) is 0. The first kappa shape index (κ1) is 43.4. The van der Waals surface area contributed by atoms with Crippen molar-refractivity contribution in [2.24, 2.45) is 4.99 Å². The molecule has 3 amide bonds. The number of amides is 3. The van der Waals surface area contributed by atoms with Gasteiger partial charge >= 0.3 is 6.18 Å². The van der Waals surface area contributed by atoms with Crippen molar-refractivity contribution in [3.63, 3.8) is 0 Å². The van der Waals surface area contributed by atoms with Crippen LogP contribution in [0.5, 0.6) is 5.75 Å². The second kappa shape index (κ2) is 18.9. The fraction of sp³-hybridized carbons (Fsp3) is 0.286. The van der Waals surface area contributed by atoms with E-state index < -0.39 is 46.0 Å². The van der Waals surface area contributed by atoms with Crippen LogP contribution < -0.4 is 15.6 Å². The number of H-pyrrole nitrogens is 1. The van der Waals surface area contributed by atoms with Crippen molar-refractivity contribution in [1.82, 2.24) is 20.0 Å². The van der Waals surface area contributed by atoms with Crippen LogP contribution in [0, 0.1) is 15.9 Å². The number of aromatic amines is 1. The van der Waals surface area contributed by atoms with Gasteiger partial charge in [-0.15, -0.1) is 11.8 Å². The summed E-state index contributed by atoms with van der Waals surface area (Å²) in [5.41, 5.74) is -1.29. The molecule has 20 heteroatoms. The van der Waals surface area contributed by atoms with Gasteiger partial charge in [0, 0.05) is 61.1 Å². The number of alkyl halides is 3. The zero-order valence-corrected chi connectivity index (χ0v) is 33.5. The second-order valence-electron chi connectivity index (χ2n) is 14.2. The summed E-state index contributed by atoms with van der Waals surface area (Å²) in [5, 5.41) is 21.7. The number of aliphatic imine (C=N–C) groups is 1. The van der Waals surface area contributed by atoms with Crippen molar-refractivity contribution >= 4 is 56.7 Å². The molecule has 2 aliphatic rings. The van der Waals surface area contributed by atoms with Gasteiger partial charge in [0.2, 0.25) is 11.8 Å². The number of nitro benzene ring substituents is 1. The van der Waals surface area contributed by atoms with E-state index in [2.05, 4.69) is 20.5 Å². The van der Waals surface area contributed by atoms with Gasteiger partial charge in [0.15, 0.2) is 0 Å². The molecule has 0 radical (unpaired) electrons. The van der Waals surface area contributed by atoms with E-state index in [1.165, 1.54) is 28.8 Å². The first-order valence-electron chi connectivity index (χ1n) is 19.2. The summed E-state index contributed by atoms with van der Waals surface area (Å²) in [4.78, 5) is 68.6. The van der Waals surface area contributed by atoms with Crippen molar-refractivity contribution in [3.05, 3.63) is 139 Å². The van der Waals surface area contributed by atoms with Gasteiger partial charge in [-0.1, -0.05) is 24.3 Å². The van der Waals surface area contributed by atoms with Crippen molar-refractivity contribution < 1.29 is 46.3 Å². The topological polar surface area (TPSA) is 189 Å². The van der Waals surface area contributed by atoms with Crippen LogP contribution in [-0.2, 0) is 26.9 Å². The molecule has 0 spiro atoms. The lowest BCUT2D eigenvalue weighted by Crippen LogP contribution is -2.50. The van der Waals surface area contributed by atoms with E-state index in [0.29, 0.717) is 50.5 Å². The Morgan fingerprint density at radius 2 is 1.65 bits per heavy atom. The molecule has 2 N–H and O–H groups in total. The highest BCUT2D eigenvalue weighted by atomic mass is 32.2. The number of hydrogen-bond acceptors (Lipinski definition) is 11. The number of piperazine rings is 1. The quantitative estimate of drug-likeness (QED) is 0.0593. The number of ether oxygens (including phenoxy) is 2. The Morgan fingerprint density at radius 1 is 0.919 bits per heavy atom. The molecular weight excluding hydrogens is 839 g/mol. The Bertz CT molecular complexity index is 2600. The van der Waals surface area contributed by atoms with Crippen LogP contribution in [0.3, 0.4) is 0 Å². The Hall–Kier alpha value is -6.67. The number of anilines is 1. The van der Waals surface area contributed by atoms with Crippen LogP contribution in [0.25, 0.3) is 10.8 Å². The van der Waals surface area contributed by atoms with Gasteiger partial charge in [-0.05, 0) is 60.2 Å². The number of rotatable bonds is 14. The monoisotopic (exact) mass is 875 g/mol. The largest absolute Gasteiger partial charge is 0.491 e. The molecular formula is C42H37F4N7O8S. The lowest BCUT2D eigenvalue weighted by Gasteiger charge is -2.35. The lowest BCUT2D eigenvalue weighted by molar-refractivity contribution is -0.388. The van der Waals surface area contributed by atoms with Crippen LogP contribution in [0.15, 0.2) is 94.7 Å². The number of benzene rings is 4. The van der Waals surface area contributed by atoms with Crippen LogP contribution >= 0.6 is 11.8 Å². The van der Waals surface area contributed by atoms with Gasteiger partial charge in [-0.2, -0.15) is 18.3 Å². The average molecular weight is 876 g/mol. The molecule has 1 unspecified atom stereocenters. The van der Waals surface area contributed by atoms with Crippen molar-refractivity contribution in [1.29, 1.82) is 0 Å². The molecule has 1 atom stereocenters. The summed E-state index contributed by atoms with van der Waals surface area (Å²) < 4.78 is 66.3. The highest BCUT2D eigenvalue weighted by molar-refractivity contribution is 8.14. The number of carbonyl (C=O) groups is 3. The fourth-order valence-corrected chi connectivity index (χ4v) is 7.94. The SMILES string of the molecule is O=C(Nc1ccc([N+](=O)[O-])c(C(F)(F)F)c1)C1CSC(c2ccc(OCCOCCC(=O)N3CCN(C(=O)c4cc(Cc5n[nH]c(=O)c6ccccc56)ccc4F)CC3)cc2)=N1. The molecule has 0 aliphatic carbocycles. The van der Waals surface area contributed by atoms with Crippen LogP contribution in [0.4, 0.5) is 28.9 Å². The lowest BCUT2D eigenvalue weighted by atomic mass is 10.0. The highest BCUT2D eigenvalue weighted by Gasteiger charge is 2.39. The molecule has 1 saturated heterocycles. The predicted octanol–water partition coefficient (Wildman–Crippen LogP) is 5.85. The number of halogens is 4. The highest BCUT2D eigenvalue weighted by Crippen LogP contribution is 2.38. The molecule has 1 aromatic heterocycles. The van der Waals surface area contributed by atoms with E-state index in [1.54, 1.807) is 59.5 Å². The van der Waals surface area contributed by atoms with Crippen LogP contribution in [0.2, 0.25) is 0 Å². The van der Waals surface area contributed by atoms with Crippen molar-refractivity contribution in [2.75, 3.05) is 57.1 Å². The van der Waals surface area contributed by atoms with Crippen molar-refractivity contribution in [2.45, 2.75) is 25.1 Å². The van der Waals surface area contributed by atoms with E-state index in [-0.39, 0.29) is 87.3 Å². The Morgan fingerprint density at radius 3 is 2.37 bits per heavy atom. The number of carbonyl (C=O) groups excluding carboxylic acids is 3. The van der Waals surface area contributed by atoms with Gasteiger partial charge in [-0.3, -0.25) is 34.3 Å². The Labute approximate surface area is 354 Å². The first-order valence-corrected chi connectivity index (χ1v) is 20.2. The molecule has 3 heterocycles. The minimum Gasteiger partial charge on any atom is -0.491 e. The molecule has 5 aromatic rings. The summed E-state index contributed by atoms with van der Waals surface area (Å²) in [6.45, 7) is 1.58. The molecule has 322 valence electrons. The standard InChI is InChI=1S/C42H37F4N7O8S/c43-33-11-5-25(22-34-29-3-1-2-4-30(29)38(55)50-49-34)21-31(33)41(57)52-16-14-51(15-17-52)37(54)13-18-60-19-20-61-28-9-6-26(7-10-28)40-48-35(24-62-40)39(56)47-27-8-12-36(53(58)59)32(23-27)42(44,45)46/h1-12,21,23,35H,13-20,22,24H2,(H,47,56)(H,50,55). The van der Waals surface area contributed by atoms with Crippen LogP contribution in [-0.4, -0.2) is 105 Å². The Balaban J connectivity index is 0.808. The number of fused-ring (bicyclic) bond motifs is 1. The predicted molar refractivity (Wildman–Crippen MR) is 221 cm³/mol. The molecule has 0 saturated carbocycles. The van der Waals surface area contributed by atoms with Gasteiger partial charge in [0.05, 0.1) is 46.2 Å². The molecule has 4 aromatic carbocycles. The van der Waals surface area contributed by atoms with E-state index in [1.807, 2.05) is 0 Å². The number of nitro groups is 1. The maximum atomic E-state index is 14.9. The minimum absolute atomic E-state index is 0.0815. The molecule has 15 nitrogen and oxygen atoms in total. The summed E-state index contributed by atoms with van der Waals surface area (Å²) in [6.07, 6.45) is -4.60. The zero-order chi connectivity index (χ0) is 44.0. The number of thioether (sulfide) groups is 1. The smallest absolute Gasteiger partial charge is 0.423 e. The molecule has 0 bridgehead atoms. The number of nitrogens with one attached hydrogen (secondary N) is 2. The Kier molecular flexibility index (Phi) is 13.3. The van der Waals surface area contributed by atoms with Gasteiger partial charge in [0.1, 0.15) is 29.8 Å². The molecule has 62 heavy (non-hydrogen) atoms. The average Bonchev–Trinajstić information content (AvgIpc) is 3.77. The van der Waals surface area contributed by atoms with Gasteiger partial charge < -0.3 is 24.6 Å². The summed E-state index contributed by atoms with van der Waals surface area (Å²) >= 11 is 1.29. The van der Waals surface area contributed by atoms with Crippen LogP contribution in [0.1, 0.15) is 39.2 Å². The third-order valence-electron chi connectivity index (χ3n) is 10.1. The fourth-order valence-electron chi connectivity index (χ4n) is 6.90. The molecule has 1 fully saturated rings. The maximum absolute atomic E-state index is 14.9. The van der Waals surface area contributed by atoms with Gasteiger partial charge in [-0.25, -0.2) is 9.49 Å². The third-order valence-corrected chi connectivity index (χ3v) is 11.2. The minimum atomic E-state index is -4.99. The molecule has 2 aliphatic heterocycles. The van der Waals surface area contributed by atoms with Gasteiger partial charge in [0.25, 0.3) is 17.2 Å². The molecule has 7 rings (SSSR count). The second-order valence-corrected chi connectivity index (χ2v) is 15.2. The maximum Gasteiger partial charge on any atom is 0.423 e.